The van der Waals surface area contributed by atoms with Crippen LogP contribution in [0.3, 0.4) is 0 Å². The van der Waals surface area contributed by atoms with E-state index in [4.69, 9.17) is 0 Å². The van der Waals surface area contributed by atoms with Gasteiger partial charge in [0.1, 0.15) is 0 Å². The third-order valence-corrected chi connectivity index (χ3v) is 4.93. The van der Waals surface area contributed by atoms with Crippen LogP contribution in [0.25, 0.3) is 0 Å². The summed E-state index contributed by atoms with van der Waals surface area (Å²) in [5, 5.41) is 5.75. The standard InChI is InChI=1S/C15H27BrN2S/c1-5-7-15(3,11-17-6-2)12-18(4)9-13-8-14(16)19-10-13/h8,10,17H,5-7,9,11-12H2,1-4H3. The molecule has 0 saturated carbocycles. The van der Waals surface area contributed by atoms with Crippen LogP contribution in [0, 0.1) is 5.41 Å². The minimum atomic E-state index is 0.368. The predicted molar refractivity (Wildman–Crippen MR) is 89.9 cm³/mol. The van der Waals surface area contributed by atoms with Crippen molar-refractivity contribution in [2.75, 3.05) is 26.7 Å². The topological polar surface area (TPSA) is 15.3 Å². The third-order valence-electron chi connectivity index (χ3n) is 3.38. The lowest BCUT2D eigenvalue weighted by atomic mass is 9.85. The molecule has 2 nitrogen and oxygen atoms in total. The van der Waals surface area contributed by atoms with Crippen LogP contribution >= 0.6 is 27.3 Å². The van der Waals surface area contributed by atoms with Gasteiger partial charge in [-0.05, 0) is 58.4 Å². The Bertz CT molecular complexity index is 367. The SMILES string of the molecule is CCCC(C)(CNCC)CN(C)Cc1csc(Br)c1. The molecule has 0 radical (unpaired) electrons. The second-order valence-electron chi connectivity index (χ2n) is 5.77. The van der Waals surface area contributed by atoms with E-state index < -0.39 is 0 Å². The van der Waals surface area contributed by atoms with Crippen molar-refractivity contribution in [2.45, 2.75) is 40.2 Å². The summed E-state index contributed by atoms with van der Waals surface area (Å²) >= 11 is 5.30. The summed E-state index contributed by atoms with van der Waals surface area (Å²) in [7, 11) is 2.23. The number of thiophene rings is 1. The van der Waals surface area contributed by atoms with Crippen LogP contribution in [-0.2, 0) is 6.54 Å². The summed E-state index contributed by atoms with van der Waals surface area (Å²) < 4.78 is 1.22. The largest absolute Gasteiger partial charge is 0.316 e. The molecule has 19 heavy (non-hydrogen) atoms. The zero-order chi connectivity index (χ0) is 14.3. The zero-order valence-corrected chi connectivity index (χ0v) is 15.0. The second kappa shape index (κ2) is 8.40. The van der Waals surface area contributed by atoms with Crippen LogP contribution in [0.2, 0.25) is 0 Å². The fraction of sp³-hybridized carbons (Fsp3) is 0.733. The Hall–Kier alpha value is 0.100. The molecule has 0 spiro atoms. The quantitative estimate of drug-likeness (QED) is 0.714. The van der Waals surface area contributed by atoms with Crippen LogP contribution in [-0.4, -0.2) is 31.6 Å². The van der Waals surface area contributed by atoms with Crippen molar-refractivity contribution in [1.29, 1.82) is 0 Å². The summed E-state index contributed by atoms with van der Waals surface area (Å²) in [6.07, 6.45) is 2.53. The van der Waals surface area contributed by atoms with Crippen LogP contribution in [0.4, 0.5) is 0 Å². The van der Waals surface area contributed by atoms with Gasteiger partial charge in [-0.2, -0.15) is 0 Å². The third kappa shape index (κ3) is 6.39. The first kappa shape index (κ1) is 17.2. The lowest BCUT2D eigenvalue weighted by Crippen LogP contribution is -2.40. The van der Waals surface area contributed by atoms with Crippen molar-refractivity contribution in [3.63, 3.8) is 0 Å². The fourth-order valence-electron chi connectivity index (χ4n) is 2.70. The summed E-state index contributed by atoms with van der Waals surface area (Å²) in [6.45, 7) is 11.2. The summed E-state index contributed by atoms with van der Waals surface area (Å²) in [6, 6.07) is 2.22. The van der Waals surface area contributed by atoms with Gasteiger partial charge < -0.3 is 10.2 Å². The van der Waals surface area contributed by atoms with Crippen molar-refractivity contribution in [2.24, 2.45) is 5.41 Å². The molecular weight excluding hydrogens is 320 g/mol. The number of rotatable bonds is 9. The fourth-order valence-corrected chi connectivity index (χ4v) is 3.90. The molecular formula is C15H27BrN2S. The van der Waals surface area contributed by atoms with E-state index in [1.54, 1.807) is 11.3 Å². The average molecular weight is 347 g/mol. The molecule has 0 bridgehead atoms. The summed E-state index contributed by atoms with van der Waals surface area (Å²) in [5.74, 6) is 0. The number of halogens is 1. The van der Waals surface area contributed by atoms with Gasteiger partial charge in [-0.1, -0.05) is 27.2 Å². The highest BCUT2D eigenvalue weighted by atomic mass is 79.9. The number of hydrogen-bond acceptors (Lipinski definition) is 3. The average Bonchev–Trinajstić information content (AvgIpc) is 2.72. The molecule has 1 aromatic rings. The van der Waals surface area contributed by atoms with Crippen LogP contribution in [0.1, 0.15) is 39.2 Å². The Kier molecular flexibility index (Phi) is 7.58. The van der Waals surface area contributed by atoms with Gasteiger partial charge in [-0.15, -0.1) is 11.3 Å². The predicted octanol–water partition coefficient (Wildman–Crippen LogP) is 4.36. The molecule has 1 atom stereocenters. The molecule has 0 amide bonds. The van der Waals surface area contributed by atoms with E-state index in [9.17, 15) is 0 Å². The summed E-state index contributed by atoms with van der Waals surface area (Å²) in [5.41, 5.74) is 1.77. The van der Waals surface area contributed by atoms with Crippen molar-refractivity contribution in [3.05, 3.63) is 20.8 Å². The number of nitrogens with one attached hydrogen (secondary N) is 1. The lowest BCUT2D eigenvalue weighted by molar-refractivity contribution is 0.169. The highest BCUT2D eigenvalue weighted by Crippen LogP contribution is 2.26. The van der Waals surface area contributed by atoms with Gasteiger partial charge in [-0.3, -0.25) is 0 Å². The van der Waals surface area contributed by atoms with Crippen molar-refractivity contribution >= 4 is 27.3 Å². The molecule has 1 heterocycles. The minimum Gasteiger partial charge on any atom is -0.316 e. The van der Waals surface area contributed by atoms with E-state index in [1.165, 1.54) is 22.2 Å². The molecule has 110 valence electrons. The Morgan fingerprint density at radius 3 is 2.68 bits per heavy atom. The zero-order valence-electron chi connectivity index (χ0n) is 12.6. The molecule has 1 rings (SSSR count). The van der Waals surface area contributed by atoms with Crippen molar-refractivity contribution < 1.29 is 0 Å². The van der Waals surface area contributed by atoms with E-state index in [1.807, 2.05) is 0 Å². The van der Waals surface area contributed by atoms with Gasteiger partial charge in [-0.25, -0.2) is 0 Å². The molecule has 0 aliphatic rings. The van der Waals surface area contributed by atoms with E-state index >= 15 is 0 Å². The first-order valence-electron chi connectivity index (χ1n) is 7.11. The molecule has 1 N–H and O–H groups in total. The molecule has 0 saturated heterocycles. The van der Waals surface area contributed by atoms with Crippen LogP contribution < -0.4 is 5.32 Å². The maximum Gasteiger partial charge on any atom is 0.0701 e. The Labute approximate surface area is 130 Å². The molecule has 0 aromatic carbocycles. The smallest absolute Gasteiger partial charge is 0.0701 e. The Balaban J connectivity index is 2.52. The van der Waals surface area contributed by atoms with Gasteiger partial charge in [0.05, 0.1) is 3.79 Å². The molecule has 0 aliphatic heterocycles. The van der Waals surface area contributed by atoms with E-state index in [-0.39, 0.29) is 0 Å². The second-order valence-corrected chi connectivity index (χ2v) is 8.06. The highest BCUT2D eigenvalue weighted by molar-refractivity contribution is 9.11. The van der Waals surface area contributed by atoms with Crippen molar-refractivity contribution in [3.8, 4) is 0 Å². The monoisotopic (exact) mass is 346 g/mol. The lowest BCUT2D eigenvalue weighted by Gasteiger charge is -2.34. The first-order chi connectivity index (χ1) is 8.99. The van der Waals surface area contributed by atoms with Gasteiger partial charge in [0.25, 0.3) is 0 Å². The van der Waals surface area contributed by atoms with Crippen LogP contribution in [0.5, 0.6) is 0 Å². The minimum absolute atomic E-state index is 0.368. The first-order valence-corrected chi connectivity index (χ1v) is 8.78. The Morgan fingerprint density at radius 1 is 1.42 bits per heavy atom. The molecule has 0 fully saturated rings. The molecule has 0 aliphatic carbocycles. The summed E-state index contributed by atoms with van der Waals surface area (Å²) in [4.78, 5) is 2.45. The van der Waals surface area contributed by atoms with Gasteiger partial charge in [0.2, 0.25) is 0 Å². The van der Waals surface area contributed by atoms with Gasteiger partial charge in [0, 0.05) is 19.6 Å². The van der Waals surface area contributed by atoms with Crippen LogP contribution in [0.15, 0.2) is 15.2 Å². The van der Waals surface area contributed by atoms with E-state index in [0.717, 1.165) is 26.2 Å². The highest BCUT2D eigenvalue weighted by Gasteiger charge is 2.24. The molecule has 1 aromatic heterocycles. The normalized spacial score (nSPS) is 14.8. The maximum absolute atomic E-state index is 3.53. The Morgan fingerprint density at radius 2 is 2.16 bits per heavy atom. The number of hydrogen-bond donors (Lipinski definition) is 1. The van der Waals surface area contributed by atoms with Gasteiger partial charge in [0.15, 0.2) is 0 Å². The van der Waals surface area contributed by atoms with E-state index in [0.29, 0.717) is 5.41 Å². The van der Waals surface area contributed by atoms with Gasteiger partial charge >= 0.3 is 0 Å². The molecule has 4 heteroatoms. The van der Waals surface area contributed by atoms with E-state index in [2.05, 4.69) is 65.4 Å². The van der Waals surface area contributed by atoms with Crippen molar-refractivity contribution in [1.82, 2.24) is 10.2 Å². The molecule has 1 unspecified atom stereocenters. The number of nitrogens with zero attached hydrogens (tertiary/aromatic N) is 1. The maximum atomic E-state index is 3.53.